The van der Waals surface area contributed by atoms with E-state index in [0.717, 1.165) is 24.8 Å². The molecule has 0 heterocycles. The standard InChI is InChI=1S/C23H25NO4/c1-22(2,3)24(21(27)28)23(14-7-15-23)18-12-10-17(11-13-18)20(26)19(25)16-8-5-4-6-9-16/h4-6,8-13H,7,14-15H2,1-3H3,(H,27,28). The van der Waals surface area contributed by atoms with Crippen molar-refractivity contribution in [2.75, 3.05) is 0 Å². The van der Waals surface area contributed by atoms with Gasteiger partial charge in [0, 0.05) is 16.7 Å². The highest BCUT2D eigenvalue weighted by Crippen LogP contribution is 2.49. The molecule has 5 heteroatoms. The van der Waals surface area contributed by atoms with Crippen LogP contribution in [0, 0.1) is 0 Å². The van der Waals surface area contributed by atoms with E-state index >= 15 is 0 Å². The fourth-order valence-corrected chi connectivity index (χ4v) is 4.05. The third kappa shape index (κ3) is 3.44. The van der Waals surface area contributed by atoms with E-state index in [0.29, 0.717) is 11.1 Å². The van der Waals surface area contributed by atoms with Crippen LogP contribution >= 0.6 is 0 Å². The third-order valence-corrected chi connectivity index (χ3v) is 5.40. The molecule has 0 bridgehead atoms. The van der Waals surface area contributed by atoms with Gasteiger partial charge in [0.2, 0.25) is 11.6 Å². The van der Waals surface area contributed by atoms with Crippen LogP contribution in [-0.4, -0.2) is 33.2 Å². The summed E-state index contributed by atoms with van der Waals surface area (Å²) in [5, 5.41) is 9.84. The van der Waals surface area contributed by atoms with E-state index < -0.39 is 28.7 Å². The molecular weight excluding hydrogens is 354 g/mol. The van der Waals surface area contributed by atoms with Crippen LogP contribution in [0.15, 0.2) is 54.6 Å². The van der Waals surface area contributed by atoms with Crippen LogP contribution in [0.2, 0.25) is 0 Å². The van der Waals surface area contributed by atoms with Gasteiger partial charge in [-0.05, 0) is 45.6 Å². The maximum Gasteiger partial charge on any atom is 0.408 e. The normalized spacial score (nSPS) is 15.4. The molecule has 1 saturated carbocycles. The molecule has 28 heavy (non-hydrogen) atoms. The summed E-state index contributed by atoms with van der Waals surface area (Å²) in [5.74, 6) is -1.11. The van der Waals surface area contributed by atoms with E-state index in [2.05, 4.69) is 0 Å². The molecule has 0 atom stereocenters. The zero-order chi connectivity index (χ0) is 20.5. The number of benzene rings is 2. The summed E-state index contributed by atoms with van der Waals surface area (Å²) in [6, 6.07) is 15.3. The Morgan fingerprint density at radius 3 is 1.75 bits per heavy atom. The number of ketones is 2. The zero-order valence-corrected chi connectivity index (χ0v) is 16.4. The van der Waals surface area contributed by atoms with E-state index in [1.165, 1.54) is 4.90 Å². The van der Waals surface area contributed by atoms with Crippen LogP contribution in [0.4, 0.5) is 4.79 Å². The number of amides is 1. The summed E-state index contributed by atoms with van der Waals surface area (Å²) in [4.78, 5) is 38.5. The second-order valence-corrected chi connectivity index (χ2v) is 8.28. The summed E-state index contributed by atoms with van der Waals surface area (Å²) in [6.45, 7) is 5.66. The lowest BCUT2D eigenvalue weighted by atomic mass is 9.69. The van der Waals surface area contributed by atoms with Gasteiger partial charge in [-0.15, -0.1) is 0 Å². The van der Waals surface area contributed by atoms with Crippen LogP contribution in [0.25, 0.3) is 0 Å². The summed E-state index contributed by atoms with van der Waals surface area (Å²) >= 11 is 0. The topological polar surface area (TPSA) is 74.7 Å². The Morgan fingerprint density at radius 1 is 0.857 bits per heavy atom. The predicted molar refractivity (Wildman–Crippen MR) is 107 cm³/mol. The van der Waals surface area contributed by atoms with Gasteiger partial charge in [-0.2, -0.15) is 0 Å². The number of nitrogens with zero attached hydrogens (tertiary/aromatic N) is 1. The van der Waals surface area contributed by atoms with Crippen LogP contribution in [0.1, 0.15) is 66.3 Å². The average Bonchev–Trinajstić information content (AvgIpc) is 2.63. The second-order valence-electron chi connectivity index (χ2n) is 8.28. The second kappa shape index (κ2) is 7.23. The Morgan fingerprint density at radius 2 is 1.36 bits per heavy atom. The minimum Gasteiger partial charge on any atom is -0.465 e. The quantitative estimate of drug-likeness (QED) is 0.592. The van der Waals surface area contributed by atoms with Crippen molar-refractivity contribution in [3.63, 3.8) is 0 Å². The maximum absolute atomic E-state index is 12.5. The highest BCUT2D eigenvalue weighted by Gasteiger charge is 2.50. The van der Waals surface area contributed by atoms with Crippen LogP contribution < -0.4 is 0 Å². The number of carbonyl (C=O) groups is 3. The Bertz CT molecular complexity index is 890. The molecule has 0 aliphatic heterocycles. The fourth-order valence-electron chi connectivity index (χ4n) is 4.05. The van der Waals surface area contributed by atoms with Gasteiger partial charge in [0.05, 0.1) is 5.54 Å². The molecule has 1 amide bonds. The lowest BCUT2D eigenvalue weighted by Gasteiger charge is -2.54. The van der Waals surface area contributed by atoms with Gasteiger partial charge in [-0.25, -0.2) is 4.79 Å². The molecule has 3 rings (SSSR count). The van der Waals surface area contributed by atoms with Crippen molar-refractivity contribution in [1.29, 1.82) is 0 Å². The number of rotatable bonds is 5. The van der Waals surface area contributed by atoms with Crippen molar-refractivity contribution in [3.8, 4) is 0 Å². The zero-order valence-electron chi connectivity index (χ0n) is 16.4. The first-order chi connectivity index (χ1) is 13.2. The van der Waals surface area contributed by atoms with E-state index in [-0.39, 0.29) is 0 Å². The van der Waals surface area contributed by atoms with Gasteiger partial charge in [-0.3, -0.25) is 14.5 Å². The van der Waals surface area contributed by atoms with Crippen molar-refractivity contribution >= 4 is 17.7 Å². The first-order valence-electron chi connectivity index (χ1n) is 9.45. The molecule has 2 aromatic rings. The molecule has 1 N–H and O–H groups in total. The third-order valence-electron chi connectivity index (χ3n) is 5.40. The highest BCUT2D eigenvalue weighted by atomic mass is 16.4. The van der Waals surface area contributed by atoms with Gasteiger partial charge in [0.25, 0.3) is 0 Å². The number of Topliss-reactive ketones (excluding diaryl/α,β-unsaturated/α-hetero) is 2. The average molecular weight is 379 g/mol. The van der Waals surface area contributed by atoms with Gasteiger partial charge in [0.15, 0.2) is 0 Å². The van der Waals surface area contributed by atoms with Crippen molar-refractivity contribution in [2.24, 2.45) is 0 Å². The largest absolute Gasteiger partial charge is 0.465 e. The van der Waals surface area contributed by atoms with Crippen molar-refractivity contribution in [3.05, 3.63) is 71.3 Å². The number of hydrogen-bond donors (Lipinski definition) is 1. The molecular formula is C23H25NO4. The molecule has 0 saturated heterocycles. The van der Waals surface area contributed by atoms with Crippen molar-refractivity contribution in [1.82, 2.24) is 4.90 Å². The highest BCUT2D eigenvalue weighted by molar-refractivity contribution is 6.49. The fraction of sp³-hybridized carbons (Fsp3) is 0.348. The number of carboxylic acid groups (broad SMARTS) is 1. The van der Waals surface area contributed by atoms with E-state index in [1.807, 2.05) is 20.8 Å². The smallest absolute Gasteiger partial charge is 0.408 e. The van der Waals surface area contributed by atoms with Crippen molar-refractivity contribution in [2.45, 2.75) is 51.1 Å². The Hall–Kier alpha value is -2.95. The molecule has 1 fully saturated rings. The summed E-state index contributed by atoms with van der Waals surface area (Å²) < 4.78 is 0. The lowest BCUT2D eigenvalue weighted by molar-refractivity contribution is -0.0328. The molecule has 5 nitrogen and oxygen atoms in total. The molecule has 1 aliphatic carbocycles. The molecule has 0 aromatic heterocycles. The molecule has 146 valence electrons. The SMILES string of the molecule is CC(C)(C)N(C(=O)O)C1(c2ccc(C(=O)C(=O)c3ccccc3)cc2)CCC1. The Balaban J connectivity index is 1.90. The van der Waals surface area contributed by atoms with Gasteiger partial charge in [0.1, 0.15) is 0 Å². The number of hydrogen-bond acceptors (Lipinski definition) is 3. The minimum absolute atomic E-state index is 0.310. The first kappa shape index (κ1) is 19.8. The molecule has 1 aliphatic rings. The van der Waals surface area contributed by atoms with E-state index in [1.54, 1.807) is 54.6 Å². The molecule has 0 spiro atoms. The van der Waals surface area contributed by atoms with Crippen LogP contribution in [0.5, 0.6) is 0 Å². The Kier molecular flexibility index (Phi) is 5.11. The maximum atomic E-state index is 12.5. The summed E-state index contributed by atoms with van der Waals surface area (Å²) in [7, 11) is 0. The molecule has 0 unspecified atom stereocenters. The molecule has 2 aromatic carbocycles. The van der Waals surface area contributed by atoms with Gasteiger partial charge < -0.3 is 5.11 Å². The summed E-state index contributed by atoms with van der Waals surface area (Å²) in [5.41, 5.74) is 0.389. The van der Waals surface area contributed by atoms with Crippen molar-refractivity contribution < 1.29 is 19.5 Å². The monoisotopic (exact) mass is 379 g/mol. The van der Waals surface area contributed by atoms with E-state index in [4.69, 9.17) is 0 Å². The summed E-state index contributed by atoms with van der Waals surface area (Å²) in [6.07, 6.45) is 1.48. The van der Waals surface area contributed by atoms with Gasteiger partial charge >= 0.3 is 6.09 Å². The number of carbonyl (C=O) groups excluding carboxylic acids is 2. The van der Waals surface area contributed by atoms with Crippen LogP contribution in [-0.2, 0) is 5.54 Å². The van der Waals surface area contributed by atoms with Gasteiger partial charge in [-0.1, -0.05) is 54.6 Å². The first-order valence-corrected chi connectivity index (χ1v) is 9.45. The predicted octanol–water partition coefficient (Wildman–Crippen LogP) is 4.91. The Labute approximate surface area is 165 Å². The van der Waals surface area contributed by atoms with Crippen LogP contribution in [0.3, 0.4) is 0 Å². The van der Waals surface area contributed by atoms with E-state index in [9.17, 15) is 19.5 Å². The lowest BCUT2D eigenvalue weighted by Crippen LogP contribution is -2.60. The molecule has 0 radical (unpaired) electrons. The minimum atomic E-state index is -0.952.